The summed E-state index contributed by atoms with van der Waals surface area (Å²) in [5.41, 5.74) is 6.35. The van der Waals surface area contributed by atoms with Gasteiger partial charge in [0.05, 0.1) is 0 Å². The SMILES string of the molecule is CCNC(=O)c1cccc(C(=O)CCN)c1. The van der Waals surface area contributed by atoms with Gasteiger partial charge in [0.1, 0.15) is 0 Å². The summed E-state index contributed by atoms with van der Waals surface area (Å²) in [6.07, 6.45) is 0.304. The van der Waals surface area contributed by atoms with Crippen LogP contribution < -0.4 is 11.1 Å². The highest BCUT2D eigenvalue weighted by atomic mass is 16.1. The number of hydrogen-bond acceptors (Lipinski definition) is 3. The second-order valence-electron chi connectivity index (χ2n) is 3.40. The normalized spacial score (nSPS) is 9.88. The Balaban J connectivity index is 2.86. The molecule has 0 unspecified atom stereocenters. The first-order valence-electron chi connectivity index (χ1n) is 5.30. The van der Waals surface area contributed by atoms with Crippen molar-refractivity contribution >= 4 is 11.7 Å². The van der Waals surface area contributed by atoms with Gasteiger partial charge in [-0.2, -0.15) is 0 Å². The molecule has 0 atom stereocenters. The molecule has 0 radical (unpaired) electrons. The van der Waals surface area contributed by atoms with Crippen LogP contribution in [0.1, 0.15) is 34.1 Å². The van der Waals surface area contributed by atoms with Crippen molar-refractivity contribution in [2.45, 2.75) is 13.3 Å². The van der Waals surface area contributed by atoms with Gasteiger partial charge in [0.15, 0.2) is 5.78 Å². The van der Waals surface area contributed by atoms with Gasteiger partial charge in [-0.1, -0.05) is 12.1 Å². The summed E-state index contributed by atoms with van der Waals surface area (Å²) in [6.45, 7) is 2.74. The Morgan fingerprint density at radius 3 is 2.62 bits per heavy atom. The Bertz CT molecular complexity index is 355. The lowest BCUT2D eigenvalue weighted by molar-refractivity contribution is 0.0956. The Labute approximate surface area is 94.8 Å². The molecule has 0 spiro atoms. The summed E-state index contributed by atoms with van der Waals surface area (Å²) >= 11 is 0. The zero-order valence-corrected chi connectivity index (χ0v) is 9.32. The fraction of sp³-hybridized carbons (Fsp3) is 0.333. The van der Waals surface area contributed by atoms with Gasteiger partial charge in [-0.25, -0.2) is 0 Å². The third-order valence-electron chi connectivity index (χ3n) is 2.16. The van der Waals surface area contributed by atoms with E-state index < -0.39 is 0 Å². The monoisotopic (exact) mass is 220 g/mol. The van der Waals surface area contributed by atoms with E-state index in [4.69, 9.17) is 5.73 Å². The van der Waals surface area contributed by atoms with Crippen molar-refractivity contribution in [3.63, 3.8) is 0 Å². The molecule has 1 aromatic rings. The highest BCUT2D eigenvalue weighted by Gasteiger charge is 2.08. The lowest BCUT2D eigenvalue weighted by atomic mass is 10.0. The van der Waals surface area contributed by atoms with Crippen LogP contribution in [-0.4, -0.2) is 24.8 Å². The van der Waals surface area contributed by atoms with E-state index in [0.717, 1.165) is 0 Å². The van der Waals surface area contributed by atoms with E-state index in [1.54, 1.807) is 24.3 Å². The van der Waals surface area contributed by atoms with Crippen molar-refractivity contribution in [1.29, 1.82) is 0 Å². The van der Waals surface area contributed by atoms with Crippen molar-refractivity contribution in [2.24, 2.45) is 5.73 Å². The number of Topliss-reactive ketones (excluding diaryl/α,β-unsaturated/α-hetero) is 1. The van der Waals surface area contributed by atoms with Crippen molar-refractivity contribution < 1.29 is 9.59 Å². The number of carbonyl (C=O) groups is 2. The minimum Gasteiger partial charge on any atom is -0.352 e. The number of carbonyl (C=O) groups excluding carboxylic acids is 2. The summed E-state index contributed by atoms with van der Waals surface area (Å²) in [7, 11) is 0. The molecule has 1 rings (SSSR count). The van der Waals surface area contributed by atoms with Crippen LogP contribution in [0, 0.1) is 0 Å². The molecule has 86 valence electrons. The quantitative estimate of drug-likeness (QED) is 0.726. The van der Waals surface area contributed by atoms with Crippen LogP contribution in [0.25, 0.3) is 0 Å². The average molecular weight is 220 g/mol. The van der Waals surface area contributed by atoms with Crippen LogP contribution in [0.5, 0.6) is 0 Å². The number of benzene rings is 1. The zero-order valence-electron chi connectivity index (χ0n) is 9.32. The van der Waals surface area contributed by atoms with Crippen LogP contribution in [0.4, 0.5) is 0 Å². The minimum absolute atomic E-state index is 0.0337. The van der Waals surface area contributed by atoms with Crippen molar-refractivity contribution in [1.82, 2.24) is 5.32 Å². The Morgan fingerprint density at radius 2 is 2.00 bits per heavy atom. The largest absolute Gasteiger partial charge is 0.352 e. The number of nitrogens with one attached hydrogen (secondary N) is 1. The maximum absolute atomic E-state index is 11.6. The predicted molar refractivity (Wildman–Crippen MR) is 62.5 cm³/mol. The third kappa shape index (κ3) is 3.17. The fourth-order valence-corrected chi connectivity index (χ4v) is 1.37. The first-order valence-corrected chi connectivity index (χ1v) is 5.30. The molecule has 1 aromatic carbocycles. The van der Waals surface area contributed by atoms with Crippen LogP contribution in [-0.2, 0) is 0 Å². The molecule has 0 aliphatic carbocycles. The van der Waals surface area contributed by atoms with E-state index in [2.05, 4.69) is 5.32 Å². The summed E-state index contributed by atoms with van der Waals surface area (Å²) in [4.78, 5) is 23.1. The molecule has 0 bridgehead atoms. The smallest absolute Gasteiger partial charge is 0.251 e. The number of hydrogen-bond donors (Lipinski definition) is 2. The van der Waals surface area contributed by atoms with E-state index >= 15 is 0 Å². The van der Waals surface area contributed by atoms with Crippen LogP contribution in [0.2, 0.25) is 0 Å². The molecule has 0 heterocycles. The number of ketones is 1. The molecule has 0 aromatic heterocycles. The second-order valence-corrected chi connectivity index (χ2v) is 3.40. The fourth-order valence-electron chi connectivity index (χ4n) is 1.37. The van der Waals surface area contributed by atoms with Crippen LogP contribution in [0.3, 0.4) is 0 Å². The molecular formula is C12H16N2O2. The summed E-state index contributed by atoms with van der Waals surface area (Å²) < 4.78 is 0. The Hall–Kier alpha value is -1.68. The van der Waals surface area contributed by atoms with Gasteiger partial charge in [-0.05, 0) is 25.6 Å². The maximum atomic E-state index is 11.6. The first kappa shape index (κ1) is 12.4. The van der Waals surface area contributed by atoms with Gasteiger partial charge < -0.3 is 11.1 Å². The molecular weight excluding hydrogens is 204 g/mol. The predicted octanol–water partition coefficient (Wildman–Crippen LogP) is 0.968. The highest BCUT2D eigenvalue weighted by Crippen LogP contribution is 2.07. The van der Waals surface area contributed by atoms with Crippen molar-refractivity contribution in [3.8, 4) is 0 Å². The van der Waals surface area contributed by atoms with Crippen molar-refractivity contribution in [3.05, 3.63) is 35.4 Å². The molecule has 0 fully saturated rings. The van der Waals surface area contributed by atoms with E-state index in [-0.39, 0.29) is 11.7 Å². The molecule has 16 heavy (non-hydrogen) atoms. The lowest BCUT2D eigenvalue weighted by Gasteiger charge is -2.04. The summed E-state index contributed by atoms with van der Waals surface area (Å²) in [6, 6.07) is 6.68. The summed E-state index contributed by atoms with van der Waals surface area (Å²) in [5, 5.41) is 2.69. The van der Waals surface area contributed by atoms with E-state index in [0.29, 0.717) is 30.6 Å². The first-order chi connectivity index (χ1) is 7.69. The number of nitrogens with two attached hydrogens (primary N) is 1. The molecule has 4 nitrogen and oxygen atoms in total. The van der Waals surface area contributed by atoms with Crippen LogP contribution in [0.15, 0.2) is 24.3 Å². The third-order valence-corrected chi connectivity index (χ3v) is 2.16. The molecule has 0 aliphatic rings. The van der Waals surface area contributed by atoms with Gasteiger partial charge in [-0.15, -0.1) is 0 Å². The van der Waals surface area contributed by atoms with E-state index in [1.807, 2.05) is 6.92 Å². The van der Waals surface area contributed by atoms with Crippen molar-refractivity contribution in [2.75, 3.05) is 13.1 Å². The molecule has 4 heteroatoms. The average Bonchev–Trinajstić information content (AvgIpc) is 2.30. The molecule has 0 aliphatic heterocycles. The standard InChI is InChI=1S/C12H16N2O2/c1-2-14-12(16)10-5-3-4-9(8-10)11(15)6-7-13/h3-5,8H,2,6-7,13H2,1H3,(H,14,16). The number of rotatable bonds is 5. The van der Waals surface area contributed by atoms with Gasteiger partial charge >= 0.3 is 0 Å². The minimum atomic E-state index is -0.162. The van der Waals surface area contributed by atoms with E-state index in [9.17, 15) is 9.59 Å². The molecule has 1 amide bonds. The van der Waals surface area contributed by atoms with Crippen LogP contribution >= 0.6 is 0 Å². The maximum Gasteiger partial charge on any atom is 0.251 e. The van der Waals surface area contributed by atoms with Gasteiger partial charge in [0, 0.05) is 24.1 Å². The topological polar surface area (TPSA) is 72.2 Å². The Kier molecular flexibility index (Phi) is 4.66. The molecule has 3 N–H and O–H groups in total. The van der Waals surface area contributed by atoms with Gasteiger partial charge in [0.2, 0.25) is 0 Å². The highest BCUT2D eigenvalue weighted by molar-refractivity contribution is 6.00. The van der Waals surface area contributed by atoms with Gasteiger partial charge in [-0.3, -0.25) is 9.59 Å². The Morgan fingerprint density at radius 1 is 1.31 bits per heavy atom. The molecule has 0 saturated heterocycles. The molecule has 0 saturated carbocycles. The zero-order chi connectivity index (χ0) is 12.0. The second kappa shape index (κ2) is 6.02. The summed E-state index contributed by atoms with van der Waals surface area (Å²) in [5.74, 6) is -0.196. The van der Waals surface area contributed by atoms with E-state index in [1.165, 1.54) is 0 Å². The van der Waals surface area contributed by atoms with Gasteiger partial charge in [0.25, 0.3) is 5.91 Å². The lowest BCUT2D eigenvalue weighted by Crippen LogP contribution is -2.22. The number of amides is 1.